The fourth-order valence-electron chi connectivity index (χ4n) is 2.73. The predicted octanol–water partition coefficient (Wildman–Crippen LogP) is 2.33. The molecule has 2 atom stereocenters. The van der Waals surface area contributed by atoms with Crippen molar-refractivity contribution in [1.82, 2.24) is 15.1 Å². The number of hydrogen-bond donors (Lipinski definition) is 2. The summed E-state index contributed by atoms with van der Waals surface area (Å²) in [4.78, 5) is 2.60. The van der Waals surface area contributed by atoms with E-state index in [-0.39, 0.29) is 0 Å². The molecule has 1 saturated heterocycles. The van der Waals surface area contributed by atoms with Gasteiger partial charge >= 0.3 is 0 Å². The Balaban J connectivity index is 1.84. The summed E-state index contributed by atoms with van der Waals surface area (Å²) in [5, 5.41) is 10.3. The van der Waals surface area contributed by atoms with Crippen molar-refractivity contribution in [2.75, 3.05) is 25.0 Å². The van der Waals surface area contributed by atoms with E-state index in [4.69, 9.17) is 0 Å². The maximum atomic E-state index is 3.97. The summed E-state index contributed by atoms with van der Waals surface area (Å²) in [7, 11) is 0. The highest BCUT2D eigenvalue weighted by atomic mass is 15.1. The third kappa shape index (κ3) is 3.46. The van der Waals surface area contributed by atoms with Gasteiger partial charge in [0.05, 0.1) is 11.9 Å². The Morgan fingerprint density at radius 2 is 2.53 bits per heavy atom. The van der Waals surface area contributed by atoms with Gasteiger partial charge in [-0.15, -0.1) is 0 Å². The van der Waals surface area contributed by atoms with E-state index in [9.17, 15) is 0 Å². The molecular formula is C13H24N4. The van der Waals surface area contributed by atoms with Crippen LogP contribution in [0.1, 0.15) is 33.1 Å². The van der Waals surface area contributed by atoms with Gasteiger partial charge in [-0.3, -0.25) is 5.10 Å². The maximum Gasteiger partial charge on any atom is 0.0725 e. The van der Waals surface area contributed by atoms with Crippen molar-refractivity contribution in [3.8, 4) is 0 Å². The summed E-state index contributed by atoms with van der Waals surface area (Å²) in [6, 6.07) is 0.521. The molecular weight excluding hydrogens is 212 g/mol. The van der Waals surface area contributed by atoms with E-state index in [1.807, 2.05) is 12.4 Å². The molecule has 1 aromatic heterocycles. The number of hydrogen-bond acceptors (Lipinski definition) is 3. The highest BCUT2D eigenvalue weighted by Crippen LogP contribution is 2.22. The van der Waals surface area contributed by atoms with Crippen LogP contribution in [0.15, 0.2) is 12.4 Å². The molecule has 1 aliphatic heterocycles. The minimum absolute atomic E-state index is 0.521. The van der Waals surface area contributed by atoms with Gasteiger partial charge < -0.3 is 10.2 Å². The molecule has 2 N–H and O–H groups in total. The number of likely N-dealkylation sites (tertiary alicyclic amines) is 1. The molecule has 4 heteroatoms. The van der Waals surface area contributed by atoms with Crippen molar-refractivity contribution in [3.05, 3.63) is 12.4 Å². The molecule has 0 aliphatic carbocycles. The summed E-state index contributed by atoms with van der Waals surface area (Å²) in [5.41, 5.74) is 1.10. The number of aromatic amines is 1. The van der Waals surface area contributed by atoms with Crippen LogP contribution in [0.4, 0.5) is 5.69 Å². The van der Waals surface area contributed by atoms with Gasteiger partial charge in [0.1, 0.15) is 0 Å². The summed E-state index contributed by atoms with van der Waals surface area (Å²) in [6.45, 7) is 8.31. The molecule has 2 rings (SSSR count). The first-order valence-corrected chi connectivity index (χ1v) is 6.77. The number of aromatic nitrogens is 2. The molecule has 1 fully saturated rings. The van der Waals surface area contributed by atoms with Crippen molar-refractivity contribution >= 4 is 5.69 Å². The molecule has 17 heavy (non-hydrogen) atoms. The zero-order valence-corrected chi connectivity index (χ0v) is 10.9. The third-order valence-electron chi connectivity index (χ3n) is 3.68. The van der Waals surface area contributed by atoms with Crippen molar-refractivity contribution < 1.29 is 0 Å². The van der Waals surface area contributed by atoms with Crippen LogP contribution in [0.25, 0.3) is 0 Å². The van der Waals surface area contributed by atoms with Gasteiger partial charge in [0.25, 0.3) is 0 Å². The lowest BCUT2D eigenvalue weighted by Crippen LogP contribution is -2.42. The number of H-pyrrole nitrogens is 1. The van der Waals surface area contributed by atoms with Crippen molar-refractivity contribution in [2.24, 2.45) is 5.92 Å². The number of rotatable bonds is 5. The molecule has 2 heterocycles. The second-order valence-corrected chi connectivity index (χ2v) is 5.12. The Morgan fingerprint density at radius 1 is 1.65 bits per heavy atom. The van der Waals surface area contributed by atoms with Gasteiger partial charge in [-0.05, 0) is 45.2 Å². The molecule has 4 nitrogen and oxygen atoms in total. The third-order valence-corrected chi connectivity index (χ3v) is 3.68. The van der Waals surface area contributed by atoms with Crippen LogP contribution in [0.2, 0.25) is 0 Å². The Kier molecular flexibility index (Phi) is 4.42. The largest absolute Gasteiger partial charge is 0.380 e. The smallest absolute Gasteiger partial charge is 0.0725 e. The highest BCUT2D eigenvalue weighted by Gasteiger charge is 2.24. The van der Waals surface area contributed by atoms with E-state index in [1.165, 1.54) is 38.9 Å². The van der Waals surface area contributed by atoms with Crippen LogP contribution in [0.3, 0.4) is 0 Å². The van der Waals surface area contributed by atoms with Gasteiger partial charge in [-0.25, -0.2) is 0 Å². The van der Waals surface area contributed by atoms with E-state index < -0.39 is 0 Å². The SMILES string of the molecule is CCCN1CCCC(C(C)Nc2cn[nH]c2)C1. The van der Waals surface area contributed by atoms with Gasteiger partial charge in [-0.2, -0.15) is 5.10 Å². The maximum absolute atomic E-state index is 3.97. The molecule has 0 aromatic carbocycles. The molecule has 96 valence electrons. The second kappa shape index (κ2) is 6.05. The van der Waals surface area contributed by atoms with E-state index in [0.717, 1.165) is 11.6 Å². The van der Waals surface area contributed by atoms with Gasteiger partial charge in [0, 0.05) is 18.8 Å². The van der Waals surface area contributed by atoms with Crippen LogP contribution in [0, 0.1) is 5.92 Å². The van der Waals surface area contributed by atoms with E-state index in [1.54, 1.807) is 0 Å². The summed E-state index contributed by atoms with van der Waals surface area (Å²) in [5.74, 6) is 0.755. The zero-order chi connectivity index (χ0) is 12.1. The van der Waals surface area contributed by atoms with E-state index in [2.05, 4.69) is 34.3 Å². The van der Waals surface area contributed by atoms with Gasteiger partial charge in [0.2, 0.25) is 0 Å². The van der Waals surface area contributed by atoms with Crippen molar-refractivity contribution in [1.29, 1.82) is 0 Å². The Morgan fingerprint density at radius 3 is 3.24 bits per heavy atom. The Bertz CT molecular complexity index is 307. The van der Waals surface area contributed by atoms with E-state index in [0.29, 0.717) is 6.04 Å². The van der Waals surface area contributed by atoms with Gasteiger partial charge in [0.15, 0.2) is 0 Å². The van der Waals surface area contributed by atoms with Crippen molar-refractivity contribution in [3.63, 3.8) is 0 Å². The Hall–Kier alpha value is -1.03. The van der Waals surface area contributed by atoms with Crippen LogP contribution in [0.5, 0.6) is 0 Å². The Labute approximate surface area is 104 Å². The lowest BCUT2D eigenvalue weighted by atomic mass is 9.91. The van der Waals surface area contributed by atoms with Crippen LogP contribution in [-0.2, 0) is 0 Å². The molecule has 1 aliphatic rings. The first kappa shape index (κ1) is 12.4. The summed E-state index contributed by atoms with van der Waals surface area (Å²) >= 11 is 0. The van der Waals surface area contributed by atoms with Gasteiger partial charge in [-0.1, -0.05) is 6.92 Å². The summed E-state index contributed by atoms with van der Waals surface area (Å²) in [6.07, 6.45) is 7.71. The highest BCUT2D eigenvalue weighted by molar-refractivity contribution is 5.38. The fraction of sp³-hybridized carbons (Fsp3) is 0.769. The minimum atomic E-state index is 0.521. The lowest BCUT2D eigenvalue weighted by Gasteiger charge is -2.36. The second-order valence-electron chi connectivity index (χ2n) is 5.12. The molecule has 0 spiro atoms. The number of nitrogens with zero attached hydrogens (tertiary/aromatic N) is 2. The first-order valence-electron chi connectivity index (χ1n) is 6.77. The monoisotopic (exact) mass is 236 g/mol. The van der Waals surface area contributed by atoms with Crippen LogP contribution < -0.4 is 5.32 Å². The normalized spacial score (nSPS) is 23.5. The molecule has 2 unspecified atom stereocenters. The number of nitrogens with one attached hydrogen (secondary N) is 2. The fourth-order valence-corrected chi connectivity index (χ4v) is 2.73. The molecule has 0 bridgehead atoms. The quantitative estimate of drug-likeness (QED) is 0.824. The molecule has 0 saturated carbocycles. The zero-order valence-electron chi connectivity index (χ0n) is 10.9. The van der Waals surface area contributed by atoms with Crippen LogP contribution >= 0.6 is 0 Å². The van der Waals surface area contributed by atoms with Crippen LogP contribution in [-0.4, -0.2) is 40.8 Å². The number of anilines is 1. The summed E-state index contributed by atoms with van der Waals surface area (Å²) < 4.78 is 0. The van der Waals surface area contributed by atoms with E-state index >= 15 is 0 Å². The average molecular weight is 236 g/mol. The average Bonchev–Trinajstić information content (AvgIpc) is 2.83. The molecule has 0 amide bonds. The van der Waals surface area contributed by atoms with Crippen molar-refractivity contribution in [2.45, 2.75) is 39.2 Å². The topological polar surface area (TPSA) is 44.0 Å². The standard InChI is InChI=1S/C13H24N4/c1-3-6-17-7-4-5-12(10-17)11(2)16-13-8-14-15-9-13/h8-9,11-12,16H,3-7,10H2,1-2H3,(H,14,15). The first-order chi connectivity index (χ1) is 8.29. The molecule has 0 radical (unpaired) electrons. The number of piperidine rings is 1. The minimum Gasteiger partial charge on any atom is -0.380 e. The lowest BCUT2D eigenvalue weighted by molar-refractivity contribution is 0.165. The predicted molar refractivity (Wildman–Crippen MR) is 71.1 cm³/mol. The molecule has 1 aromatic rings.